The molecule has 4 aromatic rings. The van der Waals surface area contributed by atoms with E-state index in [9.17, 15) is 22.4 Å². The van der Waals surface area contributed by atoms with Crippen molar-refractivity contribution in [3.63, 3.8) is 0 Å². The van der Waals surface area contributed by atoms with Crippen LogP contribution < -0.4 is 0 Å². The zero-order valence-corrected chi connectivity index (χ0v) is 16.7. The van der Waals surface area contributed by atoms with Crippen molar-refractivity contribution in [3.8, 4) is 11.4 Å². The number of aromatic nitrogens is 5. The lowest BCUT2D eigenvalue weighted by molar-refractivity contribution is -0.143. The molecule has 0 atom stereocenters. The van der Waals surface area contributed by atoms with Crippen molar-refractivity contribution in [2.45, 2.75) is 12.7 Å². The smallest absolute Gasteiger partial charge is 0.336 e. The molecule has 0 aliphatic heterocycles. The number of halogens is 4. The Hall–Kier alpha value is -4.02. The molecule has 11 heteroatoms. The molecule has 32 heavy (non-hydrogen) atoms. The molecule has 0 saturated heterocycles. The molecular formula is C21H16F4N6O. The monoisotopic (exact) mass is 444 g/mol. The van der Waals surface area contributed by atoms with Crippen molar-refractivity contribution in [2.24, 2.45) is 0 Å². The average molecular weight is 444 g/mol. The van der Waals surface area contributed by atoms with Gasteiger partial charge in [0.25, 0.3) is 5.91 Å². The van der Waals surface area contributed by atoms with Crippen LogP contribution in [0.1, 0.15) is 21.7 Å². The van der Waals surface area contributed by atoms with Gasteiger partial charge in [0.2, 0.25) is 0 Å². The molecule has 0 spiro atoms. The number of amides is 1. The van der Waals surface area contributed by atoms with E-state index in [0.29, 0.717) is 10.2 Å². The molecular weight excluding hydrogens is 428 g/mol. The Morgan fingerprint density at radius 3 is 2.38 bits per heavy atom. The number of alkyl halides is 3. The zero-order valence-electron chi connectivity index (χ0n) is 16.7. The Kier molecular flexibility index (Phi) is 5.47. The number of rotatable bonds is 5. The van der Waals surface area contributed by atoms with E-state index in [-0.39, 0.29) is 12.2 Å². The minimum absolute atomic E-state index is 0.00632. The van der Waals surface area contributed by atoms with Gasteiger partial charge in [-0.15, -0.1) is 5.10 Å². The molecule has 0 bridgehead atoms. The normalized spacial score (nSPS) is 11.5. The molecule has 164 valence electrons. The van der Waals surface area contributed by atoms with Gasteiger partial charge in [-0.05, 0) is 36.4 Å². The van der Waals surface area contributed by atoms with E-state index in [1.54, 1.807) is 10.9 Å². The molecule has 0 unspecified atom stereocenters. The van der Waals surface area contributed by atoms with Crippen LogP contribution in [-0.4, -0.2) is 42.6 Å². The van der Waals surface area contributed by atoms with Gasteiger partial charge in [0, 0.05) is 25.4 Å². The first-order valence-corrected chi connectivity index (χ1v) is 9.37. The highest BCUT2D eigenvalue weighted by molar-refractivity contribution is 5.93. The highest BCUT2D eigenvalue weighted by Crippen LogP contribution is 2.33. The highest BCUT2D eigenvalue weighted by Gasteiger charge is 2.42. The first kappa shape index (κ1) is 21.2. The van der Waals surface area contributed by atoms with Crippen molar-refractivity contribution >= 4 is 5.91 Å². The summed E-state index contributed by atoms with van der Waals surface area (Å²) < 4.78 is 56.6. The number of para-hydroxylation sites is 1. The molecule has 0 fully saturated rings. The molecule has 0 aliphatic rings. The van der Waals surface area contributed by atoms with E-state index in [1.165, 1.54) is 13.2 Å². The van der Waals surface area contributed by atoms with Crippen molar-refractivity contribution in [1.29, 1.82) is 0 Å². The Labute approximate surface area is 179 Å². The van der Waals surface area contributed by atoms with Crippen LogP contribution in [-0.2, 0) is 12.7 Å². The second-order valence-electron chi connectivity index (χ2n) is 6.96. The fourth-order valence-electron chi connectivity index (χ4n) is 3.13. The quantitative estimate of drug-likeness (QED) is 0.438. The third-order valence-corrected chi connectivity index (χ3v) is 4.64. The molecule has 0 saturated carbocycles. The first-order valence-electron chi connectivity index (χ1n) is 9.37. The van der Waals surface area contributed by atoms with E-state index >= 15 is 0 Å². The molecule has 0 aliphatic carbocycles. The van der Waals surface area contributed by atoms with E-state index in [1.807, 2.05) is 30.3 Å². The van der Waals surface area contributed by atoms with Crippen LogP contribution in [0.25, 0.3) is 11.4 Å². The number of carbonyl (C=O) groups is 1. The maximum absolute atomic E-state index is 13.8. The minimum atomic E-state index is -4.91. The molecule has 2 aromatic heterocycles. The Morgan fingerprint density at radius 2 is 1.72 bits per heavy atom. The van der Waals surface area contributed by atoms with Gasteiger partial charge in [-0.3, -0.25) is 4.79 Å². The Morgan fingerprint density at radius 1 is 1.03 bits per heavy atom. The van der Waals surface area contributed by atoms with Gasteiger partial charge >= 0.3 is 6.18 Å². The standard InChI is InChI=1S/C21H16F4N6O/c1-29(12-14-11-26-30(13-14)16-5-3-2-4-6-16)20(32)18-19(21(23,24)25)31(28-27-18)17-9-7-15(22)8-10-17/h2-11,13H,12H2,1H3. The molecule has 7 nitrogen and oxygen atoms in total. The lowest BCUT2D eigenvalue weighted by Gasteiger charge is -2.16. The van der Waals surface area contributed by atoms with Crippen LogP contribution in [0.4, 0.5) is 17.6 Å². The maximum atomic E-state index is 13.8. The summed E-state index contributed by atoms with van der Waals surface area (Å²) in [4.78, 5) is 13.9. The van der Waals surface area contributed by atoms with Gasteiger partial charge in [0.15, 0.2) is 11.4 Å². The summed E-state index contributed by atoms with van der Waals surface area (Å²) in [6.07, 6.45) is -1.71. The van der Waals surface area contributed by atoms with Gasteiger partial charge in [0.1, 0.15) is 5.82 Å². The summed E-state index contributed by atoms with van der Waals surface area (Å²) in [7, 11) is 1.36. The number of benzene rings is 2. The second kappa shape index (κ2) is 8.25. The van der Waals surface area contributed by atoms with E-state index in [4.69, 9.17) is 0 Å². The number of hydrogen-bond acceptors (Lipinski definition) is 4. The molecule has 1 amide bonds. The van der Waals surface area contributed by atoms with Gasteiger partial charge in [-0.25, -0.2) is 13.8 Å². The van der Waals surface area contributed by atoms with Crippen molar-refractivity contribution in [2.75, 3.05) is 7.05 Å². The van der Waals surface area contributed by atoms with Gasteiger partial charge in [-0.1, -0.05) is 23.4 Å². The molecule has 2 aromatic carbocycles. The van der Waals surface area contributed by atoms with Crippen LogP contribution >= 0.6 is 0 Å². The van der Waals surface area contributed by atoms with Crippen molar-refractivity contribution in [1.82, 2.24) is 29.7 Å². The van der Waals surface area contributed by atoms with Crippen molar-refractivity contribution < 1.29 is 22.4 Å². The van der Waals surface area contributed by atoms with Crippen LogP contribution in [0.5, 0.6) is 0 Å². The first-order chi connectivity index (χ1) is 15.2. The molecule has 4 rings (SSSR count). The average Bonchev–Trinajstić information content (AvgIpc) is 3.42. The lowest BCUT2D eigenvalue weighted by Crippen LogP contribution is -2.29. The van der Waals surface area contributed by atoms with Crippen LogP contribution in [0.3, 0.4) is 0 Å². The SMILES string of the molecule is CN(Cc1cnn(-c2ccccc2)c1)C(=O)c1nnn(-c2ccc(F)cc2)c1C(F)(F)F. The summed E-state index contributed by atoms with van der Waals surface area (Å²) >= 11 is 0. The summed E-state index contributed by atoms with van der Waals surface area (Å²) in [6, 6.07) is 13.5. The summed E-state index contributed by atoms with van der Waals surface area (Å²) in [5.74, 6) is -1.58. The van der Waals surface area contributed by atoms with Crippen LogP contribution in [0.15, 0.2) is 67.0 Å². The maximum Gasteiger partial charge on any atom is 0.435 e. The Balaban J connectivity index is 1.60. The number of carbonyl (C=O) groups excluding carboxylic acids is 1. The predicted molar refractivity (Wildman–Crippen MR) is 106 cm³/mol. The molecule has 0 radical (unpaired) electrons. The third-order valence-electron chi connectivity index (χ3n) is 4.64. The largest absolute Gasteiger partial charge is 0.435 e. The van der Waals surface area contributed by atoms with Crippen LogP contribution in [0.2, 0.25) is 0 Å². The second-order valence-corrected chi connectivity index (χ2v) is 6.96. The van der Waals surface area contributed by atoms with Gasteiger partial charge in [-0.2, -0.15) is 18.3 Å². The number of nitrogens with zero attached hydrogens (tertiary/aromatic N) is 6. The minimum Gasteiger partial charge on any atom is -0.336 e. The molecule has 0 N–H and O–H groups in total. The van der Waals surface area contributed by atoms with Gasteiger partial charge < -0.3 is 4.90 Å². The topological polar surface area (TPSA) is 68.8 Å². The molecule has 2 heterocycles. The predicted octanol–water partition coefficient (Wildman–Crippen LogP) is 3.88. The van der Waals surface area contributed by atoms with E-state index < -0.39 is 29.3 Å². The summed E-state index contributed by atoms with van der Waals surface area (Å²) in [6.45, 7) is 0.00632. The van der Waals surface area contributed by atoms with E-state index in [2.05, 4.69) is 15.4 Å². The summed E-state index contributed by atoms with van der Waals surface area (Å²) in [5, 5.41) is 11.2. The third kappa shape index (κ3) is 4.22. The lowest BCUT2D eigenvalue weighted by atomic mass is 10.2. The van der Waals surface area contributed by atoms with Gasteiger partial charge in [0.05, 0.1) is 17.6 Å². The highest BCUT2D eigenvalue weighted by atomic mass is 19.4. The summed E-state index contributed by atoms with van der Waals surface area (Å²) in [5.41, 5.74) is -0.837. The fraction of sp³-hybridized carbons (Fsp3) is 0.143. The number of hydrogen-bond donors (Lipinski definition) is 0. The van der Waals surface area contributed by atoms with Crippen molar-refractivity contribution in [3.05, 3.63) is 89.8 Å². The zero-order chi connectivity index (χ0) is 22.9. The fourth-order valence-corrected chi connectivity index (χ4v) is 3.13. The van der Waals surface area contributed by atoms with Crippen LogP contribution in [0, 0.1) is 5.82 Å². The Bertz CT molecular complexity index is 1230. The van der Waals surface area contributed by atoms with E-state index in [0.717, 1.165) is 34.9 Å².